The molecule has 0 saturated carbocycles. The lowest BCUT2D eigenvalue weighted by Gasteiger charge is -2.22. The maximum Gasteiger partial charge on any atom is 0.274 e. The average Bonchev–Trinajstić information content (AvgIpc) is 2.61. The molecule has 0 atom stereocenters. The lowest BCUT2D eigenvalue weighted by molar-refractivity contribution is 0.142. The van der Waals surface area contributed by atoms with E-state index >= 15 is 0 Å². The summed E-state index contributed by atoms with van der Waals surface area (Å²) in [6.07, 6.45) is 3.49. The molecule has 0 bridgehead atoms. The van der Waals surface area contributed by atoms with Gasteiger partial charge < -0.3 is 9.72 Å². The first-order valence-corrected chi connectivity index (χ1v) is 5.52. The van der Waals surface area contributed by atoms with Crippen LogP contribution in [0, 0.1) is 6.92 Å². The number of nitrogens with one attached hydrogen (secondary N) is 1. The van der Waals surface area contributed by atoms with Crippen molar-refractivity contribution in [3.05, 3.63) is 34.3 Å². The number of hydrogen-bond donors (Lipinski definition) is 1. The van der Waals surface area contributed by atoms with Crippen LogP contribution >= 0.6 is 0 Å². The van der Waals surface area contributed by atoms with Gasteiger partial charge in [-0.1, -0.05) is 13.8 Å². The van der Waals surface area contributed by atoms with Gasteiger partial charge in [0.1, 0.15) is 11.3 Å². The van der Waals surface area contributed by atoms with Crippen LogP contribution in [0.3, 0.4) is 0 Å². The van der Waals surface area contributed by atoms with Gasteiger partial charge in [0.25, 0.3) is 5.56 Å². The van der Waals surface area contributed by atoms with E-state index in [9.17, 15) is 4.79 Å². The van der Waals surface area contributed by atoms with Crippen molar-refractivity contribution in [2.45, 2.75) is 26.2 Å². The third-order valence-electron chi connectivity index (χ3n) is 2.77. The first-order valence-electron chi connectivity index (χ1n) is 5.52. The average molecular weight is 235 g/mol. The summed E-state index contributed by atoms with van der Waals surface area (Å²) in [4.78, 5) is 18.9. The minimum Gasteiger partial charge on any atom is -0.384 e. The molecule has 17 heavy (non-hydrogen) atoms. The summed E-state index contributed by atoms with van der Waals surface area (Å²) in [5, 5.41) is 0. The number of aromatic amines is 1. The summed E-state index contributed by atoms with van der Waals surface area (Å²) in [6.45, 7) is 6.50. The highest BCUT2D eigenvalue weighted by atomic mass is 16.5. The Morgan fingerprint density at radius 1 is 1.53 bits per heavy atom. The highest BCUT2D eigenvalue weighted by Crippen LogP contribution is 2.22. The molecule has 2 rings (SSSR count). The van der Waals surface area contributed by atoms with E-state index < -0.39 is 0 Å². The van der Waals surface area contributed by atoms with Crippen LogP contribution in [0.15, 0.2) is 17.2 Å². The van der Waals surface area contributed by atoms with Crippen molar-refractivity contribution in [2.75, 3.05) is 13.7 Å². The van der Waals surface area contributed by atoms with Gasteiger partial charge in [-0.2, -0.15) is 0 Å². The van der Waals surface area contributed by atoms with Crippen molar-refractivity contribution in [3.63, 3.8) is 0 Å². The van der Waals surface area contributed by atoms with Crippen LogP contribution < -0.4 is 5.56 Å². The maximum absolute atomic E-state index is 11.8. The zero-order chi connectivity index (χ0) is 12.6. The smallest absolute Gasteiger partial charge is 0.274 e. The molecule has 92 valence electrons. The molecule has 0 radical (unpaired) electrons. The van der Waals surface area contributed by atoms with E-state index in [4.69, 9.17) is 4.74 Å². The highest BCUT2D eigenvalue weighted by molar-refractivity contribution is 5.44. The highest BCUT2D eigenvalue weighted by Gasteiger charge is 2.26. The molecule has 0 unspecified atom stereocenters. The number of H-pyrrole nitrogens is 1. The molecule has 0 aliphatic heterocycles. The Labute approximate surface area is 99.5 Å². The standard InChI is InChI=1S/C12H17N3O2/c1-8-6-15-9(10(16)14-8)5-13-11(15)12(2,3)7-17-4/h5-6H,7H2,1-4H3,(H,14,16). The van der Waals surface area contributed by atoms with E-state index in [-0.39, 0.29) is 11.0 Å². The minimum atomic E-state index is -0.235. The Bertz CT molecular complexity index is 595. The van der Waals surface area contributed by atoms with Crippen LogP contribution in [0.1, 0.15) is 25.4 Å². The molecule has 0 saturated heterocycles. The third-order valence-corrected chi connectivity index (χ3v) is 2.77. The number of nitrogens with zero attached hydrogens (tertiary/aromatic N) is 2. The molecule has 2 aromatic heterocycles. The molecule has 0 fully saturated rings. The Hall–Kier alpha value is -1.62. The second-order valence-electron chi connectivity index (χ2n) is 4.92. The molecule has 1 N–H and O–H groups in total. The van der Waals surface area contributed by atoms with Crippen molar-refractivity contribution < 1.29 is 4.74 Å². The first-order chi connectivity index (χ1) is 7.95. The molecule has 0 aliphatic carbocycles. The zero-order valence-corrected chi connectivity index (χ0v) is 10.6. The molecule has 0 aliphatic rings. The second kappa shape index (κ2) is 4.00. The molecule has 2 heterocycles. The molecular formula is C12H17N3O2. The van der Waals surface area contributed by atoms with Crippen molar-refractivity contribution >= 4 is 5.52 Å². The van der Waals surface area contributed by atoms with Gasteiger partial charge in [0, 0.05) is 24.4 Å². The first kappa shape index (κ1) is 11.9. The monoisotopic (exact) mass is 235 g/mol. The van der Waals surface area contributed by atoms with Crippen LogP contribution in [-0.2, 0) is 10.2 Å². The third kappa shape index (κ3) is 1.98. The van der Waals surface area contributed by atoms with Crippen molar-refractivity contribution in [1.82, 2.24) is 14.4 Å². The molecule has 0 aromatic carbocycles. The fourth-order valence-corrected chi connectivity index (χ4v) is 2.05. The molecule has 0 spiro atoms. The summed E-state index contributed by atoms with van der Waals surface area (Å²) in [5.74, 6) is 0.837. The number of aromatic nitrogens is 3. The van der Waals surface area contributed by atoms with E-state index in [0.717, 1.165) is 11.5 Å². The van der Waals surface area contributed by atoms with Crippen LogP contribution in [0.2, 0.25) is 0 Å². The predicted molar refractivity (Wildman–Crippen MR) is 65.5 cm³/mol. The lowest BCUT2D eigenvalue weighted by atomic mass is 9.94. The van der Waals surface area contributed by atoms with E-state index in [1.165, 1.54) is 0 Å². The summed E-state index contributed by atoms with van der Waals surface area (Å²) in [5.41, 5.74) is 1.03. The number of methoxy groups -OCH3 is 1. The maximum atomic E-state index is 11.8. The number of hydrogen-bond acceptors (Lipinski definition) is 3. The number of aryl methyl sites for hydroxylation is 1. The Morgan fingerprint density at radius 3 is 2.88 bits per heavy atom. The van der Waals surface area contributed by atoms with Crippen LogP contribution in [-0.4, -0.2) is 28.1 Å². The van der Waals surface area contributed by atoms with Gasteiger partial charge in [-0.15, -0.1) is 0 Å². The van der Waals surface area contributed by atoms with Gasteiger partial charge in [-0.05, 0) is 6.92 Å². The molecule has 2 aromatic rings. The fraction of sp³-hybridized carbons (Fsp3) is 0.500. The van der Waals surface area contributed by atoms with E-state index in [0.29, 0.717) is 12.1 Å². The van der Waals surface area contributed by atoms with E-state index in [1.807, 2.05) is 31.4 Å². The largest absolute Gasteiger partial charge is 0.384 e. The fourth-order valence-electron chi connectivity index (χ4n) is 2.05. The Morgan fingerprint density at radius 2 is 2.24 bits per heavy atom. The van der Waals surface area contributed by atoms with E-state index in [1.54, 1.807) is 13.3 Å². The summed E-state index contributed by atoms with van der Waals surface area (Å²) < 4.78 is 7.04. The second-order valence-corrected chi connectivity index (χ2v) is 4.92. The van der Waals surface area contributed by atoms with Gasteiger partial charge in [-0.25, -0.2) is 4.98 Å². The number of imidazole rings is 1. The molecular weight excluding hydrogens is 218 g/mol. The van der Waals surface area contributed by atoms with Gasteiger partial charge in [0.2, 0.25) is 0 Å². The summed E-state index contributed by atoms with van der Waals surface area (Å²) >= 11 is 0. The van der Waals surface area contributed by atoms with Crippen molar-refractivity contribution in [2.24, 2.45) is 0 Å². The SMILES string of the molecule is COCC(C)(C)c1ncc2c(=O)[nH]c(C)cn12. The number of rotatable bonds is 3. The van der Waals surface area contributed by atoms with Crippen LogP contribution in [0.5, 0.6) is 0 Å². The topological polar surface area (TPSA) is 59.4 Å². The molecule has 5 heteroatoms. The quantitative estimate of drug-likeness (QED) is 0.871. The summed E-state index contributed by atoms with van der Waals surface area (Å²) in [7, 11) is 1.66. The van der Waals surface area contributed by atoms with E-state index in [2.05, 4.69) is 9.97 Å². The van der Waals surface area contributed by atoms with Crippen LogP contribution in [0.4, 0.5) is 0 Å². The zero-order valence-electron chi connectivity index (χ0n) is 10.6. The molecule has 0 amide bonds. The Balaban J connectivity index is 2.68. The normalized spacial score (nSPS) is 12.2. The number of ether oxygens (including phenoxy) is 1. The van der Waals surface area contributed by atoms with Gasteiger partial charge in [0.15, 0.2) is 0 Å². The summed E-state index contributed by atoms with van der Waals surface area (Å²) in [6, 6.07) is 0. The Kier molecular flexibility index (Phi) is 2.79. The van der Waals surface area contributed by atoms with Gasteiger partial charge in [-0.3, -0.25) is 9.20 Å². The van der Waals surface area contributed by atoms with Crippen LogP contribution in [0.25, 0.3) is 5.52 Å². The lowest BCUT2D eigenvalue weighted by Crippen LogP contribution is -2.27. The minimum absolute atomic E-state index is 0.114. The molecule has 5 nitrogen and oxygen atoms in total. The number of fused-ring (bicyclic) bond motifs is 1. The van der Waals surface area contributed by atoms with Crippen molar-refractivity contribution in [3.8, 4) is 0 Å². The van der Waals surface area contributed by atoms with Gasteiger partial charge in [0.05, 0.1) is 12.8 Å². The van der Waals surface area contributed by atoms with Gasteiger partial charge >= 0.3 is 0 Å². The van der Waals surface area contributed by atoms with Crippen molar-refractivity contribution in [1.29, 1.82) is 0 Å². The predicted octanol–water partition coefficient (Wildman–Crippen LogP) is 1.26.